The molecule has 0 aromatic heterocycles. The zero-order valence-corrected chi connectivity index (χ0v) is 8.14. The van der Waals surface area contributed by atoms with E-state index >= 15 is 0 Å². The molecule has 14 heavy (non-hydrogen) atoms. The zero-order chi connectivity index (χ0) is 10.3. The highest BCUT2D eigenvalue weighted by atomic mass is 16.8. The first-order valence-electron chi connectivity index (χ1n) is 4.59. The van der Waals surface area contributed by atoms with Gasteiger partial charge < -0.3 is 19.3 Å². The lowest BCUT2D eigenvalue weighted by Crippen LogP contribution is -2.31. The van der Waals surface area contributed by atoms with Crippen LogP contribution in [0.4, 0.5) is 0 Å². The van der Waals surface area contributed by atoms with Crippen LogP contribution >= 0.6 is 0 Å². The Labute approximate surface area is 82.2 Å². The Morgan fingerprint density at radius 3 is 2.57 bits per heavy atom. The van der Waals surface area contributed by atoms with Crippen molar-refractivity contribution in [2.45, 2.75) is 44.1 Å². The van der Waals surface area contributed by atoms with E-state index in [0.717, 1.165) is 0 Å². The molecule has 2 fully saturated rings. The maximum atomic E-state index is 9.03. The number of rotatable bonds is 1. The Kier molecular flexibility index (Phi) is 2.24. The van der Waals surface area contributed by atoms with Gasteiger partial charge in [-0.1, -0.05) is 0 Å². The summed E-state index contributed by atoms with van der Waals surface area (Å²) in [6.45, 7) is 3.42. The van der Waals surface area contributed by atoms with Crippen molar-refractivity contribution in [3.63, 3.8) is 0 Å². The molecule has 78 valence electrons. The van der Waals surface area contributed by atoms with E-state index in [1.165, 1.54) is 0 Å². The lowest BCUT2D eigenvalue weighted by molar-refractivity contribution is -0.184. The second-order valence-electron chi connectivity index (χ2n) is 3.97. The molecule has 0 radical (unpaired) electrons. The molecule has 4 atom stereocenters. The highest BCUT2D eigenvalue weighted by Crippen LogP contribution is 2.38. The van der Waals surface area contributed by atoms with Crippen LogP contribution in [0.5, 0.6) is 0 Å². The minimum Gasteiger partial charge on any atom is -0.394 e. The lowest BCUT2D eigenvalue weighted by Gasteiger charge is -2.21. The van der Waals surface area contributed by atoms with Gasteiger partial charge in [-0.05, 0) is 13.8 Å². The molecule has 2 aliphatic rings. The van der Waals surface area contributed by atoms with Gasteiger partial charge >= 0.3 is 0 Å². The van der Waals surface area contributed by atoms with Crippen molar-refractivity contribution in [2.24, 2.45) is 0 Å². The summed E-state index contributed by atoms with van der Waals surface area (Å²) in [6, 6.07) is 2.00. The summed E-state index contributed by atoms with van der Waals surface area (Å²) in [6.07, 6.45) is -1.81. The summed E-state index contributed by atoms with van der Waals surface area (Å²) in [7, 11) is 0. The fourth-order valence-corrected chi connectivity index (χ4v) is 1.93. The quantitative estimate of drug-likeness (QED) is 0.632. The minimum absolute atomic E-state index is 0.154. The predicted octanol–water partition coefficient (Wildman–Crippen LogP) is -0.210. The van der Waals surface area contributed by atoms with Crippen LogP contribution in [0.1, 0.15) is 13.8 Å². The fourth-order valence-electron chi connectivity index (χ4n) is 1.93. The van der Waals surface area contributed by atoms with Crippen molar-refractivity contribution in [2.75, 3.05) is 6.61 Å². The van der Waals surface area contributed by atoms with Gasteiger partial charge in [0.2, 0.25) is 0 Å². The second-order valence-corrected chi connectivity index (χ2v) is 3.97. The van der Waals surface area contributed by atoms with E-state index in [2.05, 4.69) is 0 Å². The minimum atomic E-state index is -0.693. The van der Waals surface area contributed by atoms with Gasteiger partial charge in [-0.3, -0.25) is 0 Å². The first-order chi connectivity index (χ1) is 6.57. The average molecular weight is 199 g/mol. The predicted molar refractivity (Wildman–Crippen MR) is 45.2 cm³/mol. The summed E-state index contributed by atoms with van der Waals surface area (Å²) in [5.41, 5.74) is 0. The third kappa shape index (κ3) is 1.41. The molecular formula is C9H13NO4. The first kappa shape index (κ1) is 9.87. The molecule has 2 heterocycles. The van der Waals surface area contributed by atoms with Crippen LogP contribution in [0.3, 0.4) is 0 Å². The van der Waals surface area contributed by atoms with E-state index < -0.39 is 18.0 Å². The maximum Gasteiger partial charge on any atom is 0.173 e. The van der Waals surface area contributed by atoms with Crippen LogP contribution < -0.4 is 0 Å². The Morgan fingerprint density at radius 1 is 1.36 bits per heavy atom. The van der Waals surface area contributed by atoms with E-state index in [1.807, 2.05) is 6.07 Å². The topological polar surface area (TPSA) is 71.7 Å². The molecule has 2 saturated heterocycles. The molecule has 2 rings (SSSR count). The van der Waals surface area contributed by atoms with Crippen molar-refractivity contribution in [3.05, 3.63) is 0 Å². The van der Waals surface area contributed by atoms with Crippen LogP contribution in [0.15, 0.2) is 0 Å². The Morgan fingerprint density at radius 2 is 2.00 bits per heavy atom. The highest BCUT2D eigenvalue weighted by molar-refractivity contribution is 5.06. The van der Waals surface area contributed by atoms with Crippen molar-refractivity contribution < 1.29 is 19.3 Å². The number of ether oxygens (including phenoxy) is 3. The molecule has 0 bridgehead atoms. The van der Waals surface area contributed by atoms with Gasteiger partial charge in [0.05, 0.1) is 12.7 Å². The molecule has 0 aliphatic carbocycles. The van der Waals surface area contributed by atoms with Crippen LogP contribution in [0.25, 0.3) is 0 Å². The van der Waals surface area contributed by atoms with E-state index in [-0.39, 0.29) is 18.8 Å². The summed E-state index contributed by atoms with van der Waals surface area (Å²) in [4.78, 5) is 0. The molecule has 2 aliphatic heterocycles. The van der Waals surface area contributed by atoms with Gasteiger partial charge in [0.25, 0.3) is 0 Å². The first-order valence-corrected chi connectivity index (χ1v) is 4.59. The van der Waals surface area contributed by atoms with Crippen molar-refractivity contribution >= 4 is 0 Å². The summed E-state index contributed by atoms with van der Waals surface area (Å²) in [5, 5.41) is 17.8. The Hall–Kier alpha value is -0.670. The smallest absolute Gasteiger partial charge is 0.173 e. The molecule has 0 amide bonds. The summed E-state index contributed by atoms with van der Waals surface area (Å²) < 4.78 is 16.3. The van der Waals surface area contributed by atoms with Gasteiger partial charge in [0.1, 0.15) is 18.3 Å². The Balaban J connectivity index is 2.17. The maximum absolute atomic E-state index is 9.03. The molecule has 1 N–H and O–H groups in total. The number of fused-ring (bicyclic) bond motifs is 1. The van der Waals surface area contributed by atoms with Gasteiger partial charge in [-0.2, -0.15) is 5.26 Å². The Bertz CT molecular complexity index is 272. The van der Waals surface area contributed by atoms with Crippen LogP contribution in [0, 0.1) is 11.3 Å². The number of aliphatic hydroxyl groups is 1. The van der Waals surface area contributed by atoms with E-state index in [9.17, 15) is 0 Å². The second kappa shape index (κ2) is 3.17. The highest BCUT2D eigenvalue weighted by Gasteiger charge is 2.55. The van der Waals surface area contributed by atoms with Crippen LogP contribution in [-0.2, 0) is 14.2 Å². The van der Waals surface area contributed by atoms with E-state index in [4.69, 9.17) is 24.6 Å². The number of hydrogen-bond donors (Lipinski definition) is 1. The molecule has 4 unspecified atom stereocenters. The van der Waals surface area contributed by atoms with Gasteiger partial charge in [0, 0.05) is 0 Å². The van der Waals surface area contributed by atoms with Crippen LogP contribution in [-0.4, -0.2) is 41.9 Å². The monoisotopic (exact) mass is 199 g/mol. The van der Waals surface area contributed by atoms with Crippen LogP contribution in [0.2, 0.25) is 0 Å². The number of aliphatic hydroxyl groups excluding tert-OH is 1. The molecule has 0 spiro atoms. The van der Waals surface area contributed by atoms with Gasteiger partial charge in [0.15, 0.2) is 11.9 Å². The van der Waals surface area contributed by atoms with Gasteiger partial charge in [-0.15, -0.1) is 0 Å². The molecule has 0 aromatic rings. The van der Waals surface area contributed by atoms with Crippen molar-refractivity contribution in [1.29, 1.82) is 5.26 Å². The molecular weight excluding hydrogens is 186 g/mol. The molecule has 0 aromatic carbocycles. The summed E-state index contributed by atoms with van der Waals surface area (Å²) >= 11 is 0. The molecule has 0 saturated carbocycles. The average Bonchev–Trinajstić information content (AvgIpc) is 2.57. The van der Waals surface area contributed by atoms with Crippen molar-refractivity contribution in [1.82, 2.24) is 0 Å². The third-order valence-corrected chi connectivity index (χ3v) is 2.46. The number of nitriles is 1. The fraction of sp³-hybridized carbons (Fsp3) is 0.889. The van der Waals surface area contributed by atoms with E-state index in [1.54, 1.807) is 13.8 Å². The van der Waals surface area contributed by atoms with Gasteiger partial charge in [-0.25, -0.2) is 0 Å². The third-order valence-electron chi connectivity index (χ3n) is 2.46. The van der Waals surface area contributed by atoms with E-state index in [0.29, 0.717) is 0 Å². The zero-order valence-electron chi connectivity index (χ0n) is 8.14. The SMILES string of the molecule is CC1(C)OC2C(C#N)OC(CO)C2O1. The normalized spacial score (nSPS) is 44.7. The number of nitrogens with zero attached hydrogens (tertiary/aromatic N) is 1. The number of hydrogen-bond acceptors (Lipinski definition) is 5. The largest absolute Gasteiger partial charge is 0.394 e. The molecule has 5 heteroatoms. The lowest BCUT2D eigenvalue weighted by atomic mass is 10.1. The standard InChI is InChI=1S/C9H13NO4/c1-9(2)13-7-5(3-10)12-6(4-11)8(7)14-9/h5-8,11H,4H2,1-2H3. The molecule has 5 nitrogen and oxygen atoms in total. The van der Waals surface area contributed by atoms with Crippen molar-refractivity contribution in [3.8, 4) is 6.07 Å². The summed E-state index contributed by atoms with van der Waals surface area (Å²) in [5.74, 6) is -0.693.